The summed E-state index contributed by atoms with van der Waals surface area (Å²) in [6.07, 6.45) is -1.59. The van der Waals surface area contributed by atoms with E-state index in [2.05, 4.69) is 15.5 Å². The lowest BCUT2D eigenvalue weighted by atomic mass is 9.89. The molecule has 7 nitrogen and oxygen atoms in total. The van der Waals surface area contributed by atoms with Crippen LogP contribution in [0.5, 0.6) is 0 Å². The number of halogens is 4. The Balaban J connectivity index is 1.13. The van der Waals surface area contributed by atoms with Crippen molar-refractivity contribution in [3.05, 3.63) is 82.5 Å². The monoisotopic (exact) mass is 543 g/mol. The van der Waals surface area contributed by atoms with E-state index in [0.717, 1.165) is 29.6 Å². The maximum atomic E-state index is 13.1. The molecule has 2 saturated heterocycles. The molecular weight excluding hydrogens is 519 g/mol. The SMILES string of the molecule is O=C(Nc1ccc(C2CCN(C(=O)c3cc(C(F)(F)F)ccc3Cl)CC2)cc1)C1CN(c2cccnn2)C1. The molecule has 2 aliphatic heterocycles. The molecule has 2 aromatic carbocycles. The van der Waals surface area contributed by atoms with Crippen LogP contribution in [0.25, 0.3) is 0 Å². The number of amides is 2. The van der Waals surface area contributed by atoms with Crippen LogP contribution in [0.2, 0.25) is 5.02 Å². The third-order valence-electron chi connectivity index (χ3n) is 7.09. The largest absolute Gasteiger partial charge is 0.416 e. The van der Waals surface area contributed by atoms with Gasteiger partial charge in [-0.15, -0.1) is 5.10 Å². The second-order valence-electron chi connectivity index (χ2n) is 9.55. The fourth-order valence-electron chi connectivity index (χ4n) is 4.83. The molecule has 38 heavy (non-hydrogen) atoms. The van der Waals surface area contributed by atoms with E-state index in [4.69, 9.17) is 11.6 Å². The quantitative estimate of drug-likeness (QED) is 0.476. The van der Waals surface area contributed by atoms with Crippen LogP contribution in [0.1, 0.15) is 40.2 Å². The average molecular weight is 544 g/mol. The van der Waals surface area contributed by atoms with Crippen molar-refractivity contribution in [3.63, 3.8) is 0 Å². The van der Waals surface area contributed by atoms with E-state index >= 15 is 0 Å². The Morgan fingerprint density at radius 3 is 2.34 bits per heavy atom. The number of piperidine rings is 1. The number of hydrogen-bond acceptors (Lipinski definition) is 5. The van der Waals surface area contributed by atoms with Gasteiger partial charge in [-0.25, -0.2) is 0 Å². The summed E-state index contributed by atoms with van der Waals surface area (Å²) in [5.41, 5.74) is 0.770. The van der Waals surface area contributed by atoms with E-state index in [-0.39, 0.29) is 28.3 Å². The number of anilines is 2. The van der Waals surface area contributed by atoms with Gasteiger partial charge in [-0.3, -0.25) is 9.59 Å². The number of alkyl halides is 3. The highest BCUT2D eigenvalue weighted by Gasteiger charge is 2.34. The Kier molecular flexibility index (Phi) is 7.25. The Morgan fingerprint density at radius 2 is 1.71 bits per heavy atom. The number of nitrogens with zero attached hydrogens (tertiary/aromatic N) is 4. The predicted molar refractivity (Wildman–Crippen MR) is 137 cm³/mol. The number of benzene rings is 2. The first kappa shape index (κ1) is 26.0. The molecule has 2 amide bonds. The van der Waals surface area contributed by atoms with Gasteiger partial charge < -0.3 is 15.1 Å². The van der Waals surface area contributed by atoms with Gasteiger partial charge >= 0.3 is 6.18 Å². The number of nitrogens with one attached hydrogen (secondary N) is 1. The van der Waals surface area contributed by atoms with E-state index in [1.807, 2.05) is 41.3 Å². The Hall–Kier alpha value is -3.66. The Labute approximate surface area is 222 Å². The highest BCUT2D eigenvalue weighted by molar-refractivity contribution is 6.33. The van der Waals surface area contributed by atoms with Crippen LogP contribution < -0.4 is 10.2 Å². The van der Waals surface area contributed by atoms with E-state index in [9.17, 15) is 22.8 Å². The lowest BCUT2D eigenvalue weighted by Crippen LogP contribution is -2.52. The van der Waals surface area contributed by atoms with Crippen molar-refractivity contribution >= 4 is 34.9 Å². The topological polar surface area (TPSA) is 78.4 Å². The van der Waals surface area contributed by atoms with Crippen LogP contribution in [0, 0.1) is 5.92 Å². The minimum Gasteiger partial charge on any atom is -0.353 e. The van der Waals surface area contributed by atoms with Gasteiger partial charge in [0.1, 0.15) is 0 Å². The zero-order chi connectivity index (χ0) is 26.9. The molecule has 0 bridgehead atoms. The number of carbonyl (C=O) groups excluding carboxylic acids is 2. The third kappa shape index (κ3) is 5.60. The Bertz CT molecular complexity index is 1310. The molecule has 198 valence electrons. The van der Waals surface area contributed by atoms with Crippen molar-refractivity contribution in [2.75, 3.05) is 36.4 Å². The first-order chi connectivity index (χ1) is 18.2. The molecule has 3 aromatic rings. The van der Waals surface area contributed by atoms with Crippen molar-refractivity contribution in [2.24, 2.45) is 5.92 Å². The smallest absolute Gasteiger partial charge is 0.353 e. The maximum absolute atomic E-state index is 13.1. The molecule has 5 rings (SSSR count). The van der Waals surface area contributed by atoms with E-state index in [0.29, 0.717) is 44.7 Å². The van der Waals surface area contributed by atoms with Gasteiger partial charge in [-0.05, 0) is 66.8 Å². The first-order valence-corrected chi connectivity index (χ1v) is 12.7. The molecule has 0 aliphatic carbocycles. The number of likely N-dealkylation sites (tertiary alicyclic amines) is 1. The summed E-state index contributed by atoms with van der Waals surface area (Å²) < 4.78 is 39.3. The second kappa shape index (κ2) is 10.6. The second-order valence-corrected chi connectivity index (χ2v) is 9.96. The molecule has 0 unspecified atom stereocenters. The molecule has 1 N–H and O–H groups in total. The van der Waals surface area contributed by atoms with Crippen LogP contribution in [-0.4, -0.2) is 53.1 Å². The van der Waals surface area contributed by atoms with Crippen LogP contribution in [0.15, 0.2) is 60.8 Å². The molecular formula is C27H25ClF3N5O2. The van der Waals surface area contributed by atoms with Crippen LogP contribution in [-0.2, 0) is 11.0 Å². The van der Waals surface area contributed by atoms with Crippen LogP contribution >= 0.6 is 11.6 Å². The lowest BCUT2D eigenvalue weighted by Gasteiger charge is -2.38. The number of hydrogen-bond donors (Lipinski definition) is 1. The van der Waals surface area contributed by atoms with Gasteiger partial charge in [0.15, 0.2) is 5.82 Å². The zero-order valence-corrected chi connectivity index (χ0v) is 21.0. The van der Waals surface area contributed by atoms with Crippen LogP contribution in [0.3, 0.4) is 0 Å². The molecule has 0 spiro atoms. The molecule has 1 aromatic heterocycles. The highest BCUT2D eigenvalue weighted by Crippen LogP contribution is 2.34. The molecule has 0 atom stereocenters. The molecule has 3 heterocycles. The molecule has 2 aliphatic rings. The number of aromatic nitrogens is 2. The number of rotatable bonds is 5. The fraction of sp³-hybridized carbons (Fsp3) is 0.333. The summed E-state index contributed by atoms with van der Waals surface area (Å²) in [5.74, 6) is 0.299. The summed E-state index contributed by atoms with van der Waals surface area (Å²) in [7, 11) is 0. The summed E-state index contributed by atoms with van der Waals surface area (Å²) in [4.78, 5) is 29.0. The van der Waals surface area contributed by atoms with Gasteiger partial charge in [-0.2, -0.15) is 18.3 Å². The molecule has 2 fully saturated rings. The predicted octanol–water partition coefficient (Wildman–Crippen LogP) is 5.24. The van der Waals surface area contributed by atoms with Gasteiger partial charge in [0, 0.05) is 38.1 Å². The molecule has 0 saturated carbocycles. The van der Waals surface area contributed by atoms with Gasteiger partial charge in [0.2, 0.25) is 5.91 Å². The summed E-state index contributed by atoms with van der Waals surface area (Å²) >= 11 is 6.05. The van der Waals surface area contributed by atoms with Crippen molar-refractivity contribution in [1.29, 1.82) is 0 Å². The van der Waals surface area contributed by atoms with Gasteiger partial charge in [0.05, 0.1) is 22.1 Å². The minimum absolute atomic E-state index is 0.00566. The zero-order valence-electron chi connectivity index (χ0n) is 20.3. The highest BCUT2D eigenvalue weighted by atomic mass is 35.5. The fourth-order valence-corrected chi connectivity index (χ4v) is 5.03. The van der Waals surface area contributed by atoms with Crippen molar-refractivity contribution in [1.82, 2.24) is 15.1 Å². The van der Waals surface area contributed by atoms with Crippen molar-refractivity contribution < 1.29 is 22.8 Å². The standard InChI is InChI=1S/C27H25ClF3N5O2/c28-23-8-5-20(27(29,30)31)14-22(23)26(38)35-12-9-18(10-13-35)17-3-6-21(7-4-17)33-25(37)19-15-36(16-19)24-2-1-11-32-34-24/h1-8,11,14,18-19H,9-10,12-13,15-16H2,(H,33,37). The van der Waals surface area contributed by atoms with Crippen LogP contribution in [0.4, 0.5) is 24.7 Å². The molecule has 11 heteroatoms. The number of carbonyl (C=O) groups is 2. The Morgan fingerprint density at radius 1 is 1.00 bits per heavy atom. The normalized spacial score (nSPS) is 16.7. The van der Waals surface area contributed by atoms with Gasteiger partial charge in [0.25, 0.3) is 5.91 Å². The summed E-state index contributed by atoms with van der Waals surface area (Å²) in [5, 5.41) is 10.9. The average Bonchev–Trinajstić information content (AvgIpc) is 2.88. The summed E-state index contributed by atoms with van der Waals surface area (Å²) in [6.45, 7) is 2.01. The van der Waals surface area contributed by atoms with Crippen molar-refractivity contribution in [2.45, 2.75) is 24.9 Å². The van der Waals surface area contributed by atoms with E-state index in [1.165, 1.54) is 0 Å². The lowest BCUT2D eigenvalue weighted by molar-refractivity contribution is -0.137. The first-order valence-electron chi connectivity index (χ1n) is 12.3. The summed E-state index contributed by atoms with van der Waals surface area (Å²) in [6, 6.07) is 14.1. The van der Waals surface area contributed by atoms with Crippen molar-refractivity contribution in [3.8, 4) is 0 Å². The maximum Gasteiger partial charge on any atom is 0.416 e. The molecule has 0 radical (unpaired) electrons. The third-order valence-corrected chi connectivity index (χ3v) is 7.42. The van der Waals surface area contributed by atoms with E-state index in [1.54, 1.807) is 11.1 Å². The minimum atomic E-state index is -4.55. The van der Waals surface area contributed by atoms with Gasteiger partial charge in [-0.1, -0.05) is 23.7 Å². The van der Waals surface area contributed by atoms with E-state index < -0.39 is 17.6 Å².